The van der Waals surface area contributed by atoms with Crippen LogP contribution in [0.2, 0.25) is 0 Å². The maximum atomic E-state index is 14.0. The number of carbonyl (C=O) groups excluding carboxylic acids is 2. The molecule has 246 valence electrons. The van der Waals surface area contributed by atoms with Crippen molar-refractivity contribution in [3.8, 4) is 0 Å². The number of carbonyl (C=O) groups is 2. The van der Waals surface area contributed by atoms with E-state index in [1.165, 1.54) is 12.3 Å². The fourth-order valence-corrected chi connectivity index (χ4v) is 6.16. The number of aryl methyl sites for hydroxylation is 1. The van der Waals surface area contributed by atoms with E-state index in [1.54, 1.807) is 40.1 Å². The number of aromatic nitrogens is 2. The number of rotatable bonds is 8. The lowest BCUT2D eigenvalue weighted by Gasteiger charge is -2.35. The van der Waals surface area contributed by atoms with Crippen LogP contribution >= 0.6 is 0 Å². The Morgan fingerprint density at radius 2 is 1.66 bits per heavy atom. The Labute approximate surface area is 270 Å². The summed E-state index contributed by atoms with van der Waals surface area (Å²) < 4.78 is 61.6. The van der Waals surface area contributed by atoms with Crippen LogP contribution in [0.1, 0.15) is 57.3 Å². The van der Waals surface area contributed by atoms with Crippen LogP contribution in [-0.2, 0) is 23.8 Å². The molecule has 2 aromatic carbocycles. The number of anilines is 2. The van der Waals surface area contributed by atoms with Crippen molar-refractivity contribution in [3.05, 3.63) is 106 Å². The second kappa shape index (κ2) is 13.5. The first-order chi connectivity index (χ1) is 22.5. The Balaban J connectivity index is 1.08. The van der Waals surface area contributed by atoms with Crippen LogP contribution in [0, 0.1) is 12.7 Å². The molecule has 1 unspecified atom stereocenters. The summed E-state index contributed by atoms with van der Waals surface area (Å²) in [6.45, 7) is 4.80. The highest BCUT2D eigenvalue weighted by Gasteiger charge is 2.42. The maximum absolute atomic E-state index is 14.0. The van der Waals surface area contributed by atoms with Gasteiger partial charge in [0.15, 0.2) is 5.69 Å². The molecule has 2 saturated heterocycles. The predicted molar refractivity (Wildman–Crippen MR) is 168 cm³/mol. The molecule has 2 fully saturated rings. The van der Waals surface area contributed by atoms with E-state index in [0.29, 0.717) is 56.2 Å². The number of pyridine rings is 1. The van der Waals surface area contributed by atoms with E-state index < -0.39 is 29.2 Å². The number of Topliss-reactive ketones (excluding diaryl/α,β-unsaturated/α-hetero) is 1. The Hall–Kier alpha value is -4.74. The van der Waals surface area contributed by atoms with Gasteiger partial charge < -0.3 is 19.1 Å². The van der Waals surface area contributed by atoms with Crippen molar-refractivity contribution < 1.29 is 31.6 Å². The minimum atomic E-state index is -4.86. The van der Waals surface area contributed by atoms with Gasteiger partial charge in [-0.1, -0.05) is 54.1 Å². The van der Waals surface area contributed by atoms with E-state index in [-0.39, 0.29) is 30.7 Å². The zero-order valence-corrected chi connectivity index (χ0v) is 26.0. The molecule has 0 spiro atoms. The van der Waals surface area contributed by atoms with Crippen molar-refractivity contribution in [1.82, 2.24) is 14.9 Å². The number of halogens is 4. The number of hydrogen-bond donors (Lipinski definition) is 0. The van der Waals surface area contributed by atoms with Gasteiger partial charge in [-0.3, -0.25) is 9.59 Å². The van der Waals surface area contributed by atoms with Gasteiger partial charge >= 0.3 is 6.18 Å². The molecule has 4 aromatic rings. The lowest BCUT2D eigenvalue weighted by molar-refractivity contribution is -0.141. The Kier molecular flexibility index (Phi) is 9.28. The van der Waals surface area contributed by atoms with Crippen LogP contribution in [0.3, 0.4) is 0 Å². The molecule has 0 radical (unpaired) electrons. The van der Waals surface area contributed by atoms with Crippen LogP contribution < -0.4 is 9.80 Å². The molecule has 12 heteroatoms. The van der Waals surface area contributed by atoms with E-state index in [2.05, 4.69) is 9.97 Å². The van der Waals surface area contributed by atoms with Crippen molar-refractivity contribution in [2.24, 2.45) is 0 Å². The van der Waals surface area contributed by atoms with Crippen LogP contribution in [0.5, 0.6) is 0 Å². The smallest absolute Gasteiger partial charge is 0.420 e. The summed E-state index contributed by atoms with van der Waals surface area (Å²) in [5.41, 5.74) is 1.70. The van der Waals surface area contributed by atoms with Gasteiger partial charge in [0.2, 0.25) is 17.5 Å². The van der Waals surface area contributed by atoms with E-state index in [4.69, 9.17) is 4.42 Å². The monoisotopic (exact) mass is 649 g/mol. The number of nitrogens with zero attached hydrogens (tertiary/aromatic N) is 5. The number of amides is 1. The highest BCUT2D eigenvalue weighted by molar-refractivity contribution is 5.96. The standard InChI is InChI=1S/C35H35F4N5O3/c1-23-8-11-25(12-9-23)27-6-4-14-44(22-27)34-41-33(35(37,38)39)32(47-34)29(45)19-24-10-13-30(40-21-24)42-15-17-43(18-16-42)31(46)20-26-5-2-3-7-28(26)36/h2-3,5,7-13,21,27H,4,6,14-20,22H2,1H3. The molecule has 0 aliphatic carbocycles. The normalized spacial score (nSPS) is 17.2. The highest BCUT2D eigenvalue weighted by Crippen LogP contribution is 2.37. The maximum Gasteiger partial charge on any atom is 0.437 e. The number of piperidine rings is 1. The lowest BCUT2D eigenvalue weighted by Crippen LogP contribution is -2.49. The van der Waals surface area contributed by atoms with Crippen LogP contribution in [0.4, 0.5) is 29.4 Å². The summed E-state index contributed by atoms with van der Waals surface area (Å²) in [6, 6.07) is 17.5. The molecule has 0 bridgehead atoms. The van der Waals surface area contributed by atoms with Crippen molar-refractivity contribution in [2.45, 2.75) is 44.7 Å². The van der Waals surface area contributed by atoms with E-state index >= 15 is 0 Å². The number of ketones is 1. The number of oxazole rings is 1. The van der Waals surface area contributed by atoms with E-state index in [0.717, 1.165) is 24.0 Å². The zero-order valence-electron chi connectivity index (χ0n) is 26.0. The van der Waals surface area contributed by atoms with Crippen molar-refractivity contribution in [3.63, 3.8) is 0 Å². The molecular weight excluding hydrogens is 614 g/mol. The predicted octanol–water partition coefficient (Wildman–Crippen LogP) is 6.24. The van der Waals surface area contributed by atoms with Crippen molar-refractivity contribution >= 4 is 23.5 Å². The first-order valence-corrected chi connectivity index (χ1v) is 15.7. The quantitative estimate of drug-likeness (QED) is 0.165. The van der Waals surface area contributed by atoms with Gasteiger partial charge in [0.25, 0.3) is 6.01 Å². The van der Waals surface area contributed by atoms with Crippen LogP contribution in [-0.4, -0.2) is 65.8 Å². The van der Waals surface area contributed by atoms with Gasteiger partial charge in [-0.15, -0.1) is 0 Å². The summed E-state index contributed by atoms with van der Waals surface area (Å²) in [5.74, 6) is -1.47. The molecular formula is C35H35F4N5O3. The van der Waals surface area contributed by atoms with Gasteiger partial charge in [-0.05, 0) is 48.6 Å². The molecule has 47 heavy (non-hydrogen) atoms. The summed E-state index contributed by atoms with van der Waals surface area (Å²) >= 11 is 0. The molecule has 0 N–H and O–H groups in total. The van der Waals surface area contributed by atoms with Gasteiger partial charge in [-0.25, -0.2) is 9.37 Å². The third kappa shape index (κ3) is 7.47. The summed E-state index contributed by atoms with van der Waals surface area (Å²) in [7, 11) is 0. The third-order valence-electron chi connectivity index (χ3n) is 8.81. The first-order valence-electron chi connectivity index (χ1n) is 15.7. The molecule has 0 saturated carbocycles. The molecule has 2 aliphatic heterocycles. The number of hydrogen-bond acceptors (Lipinski definition) is 7. The van der Waals surface area contributed by atoms with Crippen LogP contribution in [0.25, 0.3) is 0 Å². The minimum absolute atomic E-state index is 0.0115. The van der Waals surface area contributed by atoms with Crippen molar-refractivity contribution in [1.29, 1.82) is 0 Å². The van der Waals surface area contributed by atoms with Gasteiger partial charge in [0.1, 0.15) is 11.6 Å². The topological polar surface area (TPSA) is 82.8 Å². The van der Waals surface area contributed by atoms with E-state index in [1.807, 2.05) is 36.1 Å². The lowest BCUT2D eigenvalue weighted by atomic mass is 9.90. The zero-order chi connectivity index (χ0) is 33.1. The van der Waals surface area contributed by atoms with Gasteiger partial charge in [0, 0.05) is 57.8 Å². The second-order valence-corrected chi connectivity index (χ2v) is 12.1. The molecule has 2 aromatic heterocycles. The molecule has 2 aliphatic rings. The average molecular weight is 650 g/mol. The largest absolute Gasteiger partial charge is 0.437 e. The number of benzene rings is 2. The average Bonchev–Trinajstić information content (AvgIpc) is 3.54. The van der Waals surface area contributed by atoms with Crippen molar-refractivity contribution in [2.75, 3.05) is 49.1 Å². The minimum Gasteiger partial charge on any atom is -0.420 e. The Bertz CT molecular complexity index is 1710. The summed E-state index contributed by atoms with van der Waals surface area (Å²) in [6.07, 6.45) is -2.10. The van der Waals surface area contributed by atoms with Crippen LogP contribution in [0.15, 0.2) is 71.3 Å². The first kappa shape index (κ1) is 32.2. The Morgan fingerprint density at radius 3 is 2.34 bits per heavy atom. The number of alkyl halides is 3. The Morgan fingerprint density at radius 1 is 0.915 bits per heavy atom. The molecule has 1 amide bonds. The highest BCUT2D eigenvalue weighted by atomic mass is 19.4. The molecule has 4 heterocycles. The number of piperazine rings is 1. The third-order valence-corrected chi connectivity index (χ3v) is 8.81. The summed E-state index contributed by atoms with van der Waals surface area (Å²) in [5, 5.41) is 0. The molecule has 1 atom stereocenters. The fourth-order valence-electron chi connectivity index (χ4n) is 6.16. The van der Waals surface area contributed by atoms with Gasteiger partial charge in [0.05, 0.1) is 6.42 Å². The molecule has 8 nitrogen and oxygen atoms in total. The van der Waals surface area contributed by atoms with E-state index in [9.17, 15) is 27.2 Å². The summed E-state index contributed by atoms with van der Waals surface area (Å²) in [4.78, 5) is 39.4. The fraction of sp³-hybridized carbons (Fsp3) is 0.371. The second-order valence-electron chi connectivity index (χ2n) is 12.1. The molecule has 6 rings (SSSR count). The SMILES string of the molecule is Cc1ccc(C2CCCN(c3nc(C(F)(F)F)c(C(=O)Cc4ccc(N5CCN(C(=O)Cc6ccccc6F)CC5)nc4)o3)C2)cc1. The van der Waals surface area contributed by atoms with Gasteiger partial charge in [-0.2, -0.15) is 18.2 Å².